The van der Waals surface area contributed by atoms with Crippen molar-refractivity contribution in [1.29, 1.82) is 5.26 Å². The predicted octanol–water partition coefficient (Wildman–Crippen LogP) is 1.93. The number of ether oxygens (including phenoxy) is 2. The number of rotatable bonds is 1. The van der Waals surface area contributed by atoms with Gasteiger partial charge in [0.25, 0.3) is 0 Å². The first-order valence-electron chi connectivity index (χ1n) is 5.34. The van der Waals surface area contributed by atoms with Crippen LogP contribution in [0.25, 0.3) is 11.3 Å². The molecule has 0 aliphatic carbocycles. The van der Waals surface area contributed by atoms with E-state index in [1.54, 1.807) is 12.1 Å². The van der Waals surface area contributed by atoms with Crippen molar-refractivity contribution < 1.29 is 9.47 Å². The van der Waals surface area contributed by atoms with Crippen LogP contribution in [0.3, 0.4) is 0 Å². The molecule has 0 saturated heterocycles. The summed E-state index contributed by atoms with van der Waals surface area (Å²) in [5, 5.41) is 8.80. The topological polar surface area (TPSA) is 81.2 Å². The number of pyridine rings is 1. The van der Waals surface area contributed by atoms with Crippen LogP contribution in [-0.2, 0) is 0 Å². The van der Waals surface area contributed by atoms with E-state index in [1.807, 2.05) is 24.3 Å². The average molecular weight is 239 g/mol. The van der Waals surface area contributed by atoms with Gasteiger partial charge in [0.15, 0.2) is 11.5 Å². The highest BCUT2D eigenvalue weighted by Gasteiger charge is 2.14. The second-order valence-corrected chi connectivity index (χ2v) is 3.81. The molecule has 1 aliphatic rings. The molecule has 0 bridgehead atoms. The Labute approximate surface area is 103 Å². The zero-order valence-corrected chi connectivity index (χ0v) is 9.38. The fourth-order valence-electron chi connectivity index (χ4n) is 1.79. The van der Waals surface area contributed by atoms with Crippen molar-refractivity contribution in [2.24, 2.45) is 0 Å². The minimum atomic E-state index is 0.229. The predicted molar refractivity (Wildman–Crippen MR) is 64.9 cm³/mol. The molecule has 1 aromatic carbocycles. The van der Waals surface area contributed by atoms with Crippen molar-refractivity contribution >= 4 is 5.82 Å². The molecule has 0 saturated carbocycles. The molecule has 0 fully saturated rings. The summed E-state index contributed by atoms with van der Waals surface area (Å²) in [7, 11) is 0. The molecule has 0 radical (unpaired) electrons. The maximum absolute atomic E-state index is 8.80. The number of fused-ring (bicyclic) bond motifs is 1. The Morgan fingerprint density at radius 1 is 1.17 bits per heavy atom. The molecular weight excluding hydrogens is 230 g/mol. The summed E-state index contributed by atoms with van der Waals surface area (Å²) < 4.78 is 10.5. The first kappa shape index (κ1) is 10.4. The summed E-state index contributed by atoms with van der Waals surface area (Å²) in [5.41, 5.74) is 7.64. The van der Waals surface area contributed by atoms with E-state index in [2.05, 4.69) is 4.98 Å². The third kappa shape index (κ3) is 1.60. The Morgan fingerprint density at radius 3 is 2.78 bits per heavy atom. The zero-order valence-electron chi connectivity index (χ0n) is 9.38. The van der Waals surface area contributed by atoms with Crippen LogP contribution in [0.4, 0.5) is 5.82 Å². The molecule has 0 unspecified atom stereocenters. The van der Waals surface area contributed by atoms with Gasteiger partial charge in [-0.3, -0.25) is 0 Å². The number of nitrogens with two attached hydrogens (primary N) is 1. The SMILES string of the molecule is N#Cc1ccc(-c2ccc3c(c2)OCO3)nc1N. The minimum absolute atomic E-state index is 0.229. The van der Waals surface area contributed by atoms with Gasteiger partial charge in [0.05, 0.1) is 11.3 Å². The molecule has 2 aromatic rings. The standard InChI is InChI=1S/C13H9N3O2/c14-6-9-1-3-10(16-13(9)15)8-2-4-11-12(5-8)18-7-17-11/h1-5H,7H2,(H2,15,16). The second-order valence-electron chi connectivity index (χ2n) is 3.81. The molecule has 5 nitrogen and oxygen atoms in total. The van der Waals surface area contributed by atoms with Gasteiger partial charge >= 0.3 is 0 Å². The van der Waals surface area contributed by atoms with E-state index in [0.29, 0.717) is 17.0 Å². The number of benzene rings is 1. The van der Waals surface area contributed by atoms with E-state index >= 15 is 0 Å². The molecule has 5 heteroatoms. The quantitative estimate of drug-likeness (QED) is 0.822. The van der Waals surface area contributed by atoms with Crippen LogP contribution in [0.2, 0.25) is 0 Å². The molecule has 1 aromatic heterocycles. The minimum Gasteiger partial charge on any atom is -0.454 e. The van der Waals surface area contributed by atoms with Crippen molar-refractivity contribution in [1.82, 2.24) is 4.98 Å². The van der Waals surface area contributed by atoms with Crippen LogP contribution >= 0.6 is 0 Å². The molecule has 2 N–H and O–H groups in total. The Morgan fingerprint density at radius 2 is 2.00 bits per heavy atom. The van der Waals surface area contributed by atoms with Gasteiger partial charge in [-0.15, -0.1) is 0 Å². The van der Waals surface area contributed by atoms with E-state index in [9.17, 15) is 0 Å². The molecule has 0 atom stereocenters. The monoisotopic (exact) mass is 239 g/mol. The van der Waals surface area contributed by atoms with Crippen molar-refractivity contribution in [3.8, 4) is 28.8 Å². The van der Waals surface area contributed by atoms with Gasteiger partial charge in [-0.1, -0.05) is 0 Å². The molecule has 0 spiro atoms. The molecule has 88 valence electrons. The summed E-state index contributed by atoms with van der Waals surface area (Å²) in [4.78, 5) is 4.20. The summed E-state index contributed by atoms with van der Waals surface area (Å²) in [6, 6.07) is 10.9. The lowest BCUT2D eigenvalue weighted by molar-refractivity contribution is 0.174. The number of aromatic nitrogens is 1. The van der Waals surface area contributed by atoms with Crippen molar-refractivity contribution in [2.75, 3.05) is 12.5 Å². The van der Waals surface area contributed by atoms with Gasteiger partial charge in [0.2, 0.25) is 6.79 Å². The highest BCUT2D eigenvalue weighted by Crippen LogP contribution is 2.35. The Hall–Kier alpha value is -2.74. The average Bonchev–Trinajstić information content (AvgIpc) is 2.85. The normalized spacial score (nSPS) is 12.2. The van der Waals surface area contributed by atoms with Gasteiger partial charge in [0.1, 0.15) is 11.9 Å². The Balaban J connectivity index is 2.05. The molecule has 0 amide bonds. The van der Waals surface area contributed by atoms with E-state index in [0.717, 1.165) is 11.3 Å². The fourth-order valence-corrected chi connectivity index (χ4v) is 1.79. The number of hydrogen-bond donors (Lipinski definition) is 1. The second kappa shape index (κ2) is 3.93. The fraction of sp³-hybridized carbons (Fsp3) is 0.0769. The first-order chi connectivity index (χ1) is 8.78. The summed E-state index contributed by atoms with van der Waals surface area (Å²) >= 11 is 0. The highest BCUT2D eigenvalue weighted by molar-refractivity contribution is 5.67. The third-order valence-electron chi connectivity index (χ3n) is 2.71. The Bertz CT molecular complexity index is 653. The van der Waals surface area contributed by atoms with Crippen LogP contribution in [0.1, 0.15) is 5.56 Å². The van der Waals surface area contributed by atoms with Crippen molar-refractivity contribution in [3.05, 3.63) is 35.9 Å². The maximum Gasteiger partial charge on any atom is 0.231 e. The summed E-state index contributed by atoms with van der Waals surface area (Å²) in [6.45, 7) is 0.238. The smallest absolute Gasteiger partial charge is 0.231 e. The molecule has 2 heterocycles. The number of nitrogen functional groups attached to an aromatic ring is 1. The zero-order chi connectivity index (χ0) is 12.5. The van der Waals surface area contributed by atoms with Crippen LogP contribution in [0, 0.1) is 11.3 Å². The van der Waals surface area contributed by atoms with Crippen LogP contribution in [-0.4, -0.2) is 11.8 Å². The van der Waals surface area contributed by atoms with Gasteiger partial charge in [-0.25, -0.2) is 4.98 Å². The molecular formula is C13H9N3O2. The molecule has 18 heavy (non-hydrogen) atoms. The third-order valence-corrected chi connectivity index (χ3v) is 2.71. The Kier molecular flexibility index (Phi) is 2.27. The van der Waals surface area contributed by atoms with E-state index in [4.69, 9.17) is 20.5 Å². The summed E-state index contributed by atoms with van der Waals surface area (Å²) in [5.74, 6) is 1.64. The van der Waals surface area contributed by atoms with E-state index < -0.39 is 0 Å². The van der Waals surface area contributed by atoms with E-state index in [1.165, 1.54) is 0 Å². The van der Waals surface area contributed by atoms with Crippen LogP contribution in [0.15, 0.2) is 30.3 Å². The molecule has 3 rings (SSSR count). The number of hydrogen-bond acceptors (Lipinski definition) is 5. The lowest BCUT2D eigenvalue weighted by Gasteiger charge is -2.04. The van der Waals surface area contributed by atoms with E-state index in [-0.39, 0.29) is 12.6 Å². The van der Waals surface area contributed by atoms with Gasteiger partial charge in [0, 0.05) is 5.56 Å². The van der Waals surface area contributed by atoms with Crippen LogP contribution < -0.4 is 15.2 Å². The van der Waals surface area contributed by atoms with Crippen molar-refractivity contribution in [2.45, 2.75) is 0 Å². The van der Waals surface area contributed by atoms with Gasteiger partial charge < -0.3 is 15.2 Å². The van der Waals surface area contributed by atoms with Crippen molar-refractivity contribution in [3.63, 3.8) is 0 Å². The lowest BCUT2D eigenvalue weighted by atomic mass is 10.1. The number of nitriles is 1. The number of nitrogens with zero attached hydrogens (tertiary/aromatic N) is 2. The molecule has 1 aliphatic heterocycles. The van der Waals surface area contributed by atoms with Crippen LogP contribution in [0.5, 0.6) is 11.5 Å². The van der Waals surface area contributed by atoms with Gasteiger partial charge in [-0.05, 0) is 30.3 Å². The maximum atomic E-state index is 8.80. The van der Waals surface area contributed by atoms with Gasteiger partial charge in [-0.2, -0.15) is 5.26 Å². The number of anilines is 1. The summed E-state index contributed by atoms with van der Waals surface area (Å²) in [6.07, 6.45) is 0. The highest BCUT2D eigenvalue weighted by atomic mass is 16.7. The lowest BCUT2D eigenvalue weighted by Crippen LogP contribution is -1.96. The first-order valence-corrected chi connectivity index (χ1v) is 5.34. The largest absolute Gasteiger partial charge is 0.454 e.